The van der Waals surface area contributed by atoms with E-state index in [9.17, 15) is 9.90 Å². The molecule has 1 fully saturated rings. The molecule has 0 unspecified atom stereocenters. The molecule has 1 aliphatic heterocycles. The first-order chi connectivity index (χ1) is 9.00. The molecule has 0 aromatic heterocycles. The number of nitrogens with zero attached hydrogens (tertiary/aromatic N) is 2. The van der Waals surface area contributed by atoms with Crippen molar-refractivity contribution in [2.75, 3.05) is 32.9 Å². The van der Waals surface area contributed by atoms with Crippen molar-refractivity contribution in [3.8, 4) is 5.75 Å². The number of para-hydroxylation sites is 1. The predicted molar refractivity (Wildman–Crippen MR) is 75.1 cm³/mol. The van der Waals surface area contributed by atoms with Gasteiger partial charge in [0.1, 0.15) is 0 Å². The molecule has 1 heterocycles. The van der Waals surface area contributed by atoms with Gasteiger partial charge in [-0.1, -0.05) is 6.07 Å². The van der Waals surface area contributed by atoms with Gasteiger partial charge >= 0.3 is 0 Å². The van der Waals surface area contributed by atoms with Crippen molar-refractivity contribution in [3.05, 3.63) is 23.8 Å². The Labute approximate surface area is 113 Å². The molecule has 0 bridgehead atoms. The highest BCUT2D eigenvalue weighted by Gasteiger charge is 2.26. The van der Waals surface area contributed by atoms with Crippen molar-refractivity contribution in [2.24, 2.45) is 0 Å². The lowest BCUT2D eigenvalue weighted by Crippen LogP contribution is -2.44. The number of benzene rings is 1. The van der Waals surface area contributed by atoms with E-state index in [1.54, 1.807) is 30.1 Å². The highest BCUT2D eigenvalue weighted by atomic mass is 16.3. The van der Waals surface area contributed by atoms with Crippen LogP contribution in [0.4, 0.5) is 5.69 Å². The van der Waals surface area contributed by atoms with Crippen LogP contribution < -0.4 is 5.73 Å². The summed E-state index contributed by atoms with van der Waals surface area (Å²) in [6, 6.07) is 5.11. The van der Waals surface area contributed by atoms with E-state index >= 15 is 0 Å². The Morgan fingerprint density at radius 2 is 2.05 bits per heavy atom. The SMILES string of the molecule is CN1CCC(N(C)C(=O)c2cccc(N)c2O)CC1. The number of hydrogen-bond acceptors (Lipinski definition) is 4. The van der Waals surface area contributed by atoms with Gasteiger partial charge in [0.05, 0.1) is 11.3 Å². The van der Waals surface area contributed by atoms with E-state index in [1.165, 1.54) is 0 Å². The third kappa shape index (κ3) is 2.81. The van der Waals surface area contributed by atoms with Crippen LogP contribution in [0.1, 0.15) is 23.2 Å². The zero-order valence-corrected chi connectivity index (χ0v) is 11.5. The lowest BCUT2D eigenvalue weighted by molar-refractivity contribution is 0.0657. The largest absolute Gasteiger partial charge is 0.505 e. The minimum atomic E-state index is -0.167. The van der Waals surface area contributed by atoms with Crippen molar-refractivity contribution in [1.82, 2.24) is 9.80 Å². The molecule has 3 N–H and O–H groups in total. The molecule has 5 nitrogen and oxygen atoms in total. The molecular weight excluding hydrogens is 242 g/mol. The Balaban J connectivity index is 2.13. The van der Waals surface area contributed by atoms with Crippen molar-refractivity contribution in [1.29, 1.82) is 0 Å². The Kier molecular flexibility index (Phi) is 3.95. The number of piperidine rings is 1. The zero-order valence-electron chi connectivity index (χ0n) is 11.5. The first kappa shape index (κ1) is 13.7. The van der Waals surface area contributed by atoms with Gasteiger partial charge in [-0.2, -0.15) is 0 Å². The Morgan fingerprint density at radius 3 is 2.68 bits per heavy atom. The normalized spacial score (nSPS) is 17.4. The number of nitrogens with two attached hydrogens (primary N) is 1. The zero-order chi connectivity index (χ0) is 14.0. The van der Waals surface area contributed by atoms with Gasteiger partial charge in [-0.25, -0.2) is 0 Å². The van der Waals surface area contributed by atoms with Gasteiger partial charge in [0.15, 0.2) is 5.75 Å². The van der Waals surface area contributed by atoms with E-state index in [-0.39, 0.29) is 28.9 Å². The van der Waals surface area contributed by atoms with Crippen LogP contribution in [-0.2, 0) is 0 Å². The molecule has 1 amide bonds. The smallest absolute Gasteiger partial charge is 0.257 e. The predicted octanol–water partition coefficient (Wildman–Crippen LogP) is 1.14. The molecular formula is C14H21N3O2. The number of likely N-dealkylation sites (tertiary alicyclic amines) is 1. The highest BCUT2D eigenvalue weighted by Crippen LogP contribution is 2.26. The molecule has 1 aromatic rings. The molecule has 1 aromatic carbocycles. The van der Waals surface area contributed by atoms with Crippen LogP contribution in [0.5, 0.6) is 5.75 Å². The molecule has 0 aliphatic carbocycles. The molecule has 0 radical (unpaired) electrons. The highest BCUT2D eigenvalue weighted by molar-refractivity contribution is 5.98. The fourth-order valence-corrected chi connectivity index (χ4v) is 2.47. The quantitative estimate of drug-likeness (QED) is 0.620. The number of phenols is 1. The van der Waals surface area contributed by atoms with Crippen LogP contribution in [0, 0.1) is 0 Å². The maximum absolute atomic E-state index is 12.4. The van der Waals surface area contributed by atoms with Gasteiger partial charge in [0, 0.05) is 13.1 Å². The van der Waals surface area contributed by atoms with E-state index < -0.39 is 0 Å². The fourth-order valence-electron chi connectivity index (χ4n) is 2.47. The van der Waals surface area contributed by atoms with Crippen molar-refractivity contribution in [3.63, 3.8) is 0 Å². The molecule has 1 aliphatic rings. The number of aromatic hydroxyl groups is 1. The van der Waals surface area contributed by atoms with E-state index in [2.05, 4.69) is 11.9 Å². The third-order valence-electron chi connectivity index (χ3n) is 3.85. The first-order valence-electron chi connectivity index (χ1n) is 6.54. The summed E-state index contributed by atoms with van der Waals surface area (Å²) in [7, 11) is 3.88. The first-order valence-corrected chi connectivity index (χ1v) is 6.54. The summed E-state index contributed by atoms with van der Waals surface area (Å²) >= 11 is 0. The van der Waals surface area contributed by atoms with Gasteiger partial charge in [-0.05, 0) is 45.1 Å². The summed E-state index contributed by atoms with van der Waals surface area (Å²) in [5.41, 5.74) is 6.15. The van der Waals surface area contributed by atoms with Gasteiger partial charge in [0.25, 0.3) is 5.91 Å². The van der Waals surface area contributed by atoms with Gasteiger partial charge in [-0.15, -0.1) is 0 Å². The maximum Gasteiger partial charge on any atom is 0.257 e. The van der Waals surface area contributed by atoms with Crippen LogP contribution in [0.15, 0.2) is 18.2 Å². The summed E-state index contributed by atoms with van der Waals surface area (Å²) < 4.78 is 0. The standard InChI is InChI=1S/C14H21N3O2/c1-16-8-6-10(7-9-16)17(2)14(19)11-4-3-5-12(15)13(11)18/h3-5,10,18H,6-9,15H2,1-2H3. The average Bonchev–Trinajstić information content (AvgIpc) is 2.41. The molecule has 104 valence electrons. The van der Waals surface area contributed by atoms with Crippen LogP contribution in [0.2, 0.25) is 0 Å². The molecule has 0 saturated carbocycles. The lowest BCUT2D eigenvalue weighted by Gasteiger charge is -2.35. The molecule has 2 rings (SSSR count). The average molecular weight is 263 g/mol. The number of hydrogen-bond donors (Lipinski definition) is 2. The summed E-state index contributed by atoms with van der Waals surface area (Å²) in [4.78, 5) is 16.4. The summed E-state index contributed by atoms with van der Waals surface area (Å²) in [5, 5.41) is 9.88. The van der Waals surface area contributed by atoms with Crippen molar-refractivity contribution in [2.45, 2.75) is 18.9 Å². The molecule has 19 heavy (non-hydrogen) atoms. The van der Waals surface area contributed by atoms with Crippen molar-refractivity contribution < 1.29 is 9.90 Å². The van der Waals surface area contributed by atoms with E-state index in [0.717, 1.165) is 25.9 Å². The van der Waals surface area contributed by atoms with Crippen molar-refractivity contribution >= 4 is 11.6 Å². The van der Waals surface area contributed by atoms with Crippen LogP contribution in [0.3, 0.4) is 0 Å². The number of carbonyl (C=O) groups is 1. The number of anilines is 1. The Bertz CT molecular complexity index is 468. The number of carbonyl (C=O) groups excluding carboxylic acids is 1. The minimum Gasteiger partial charge on any atom is -0.505 e. The number of nitrogen functional groups attached to an aromatic ring is 1. The van der Waals surface area contributed by atoms with E-state index in [1.807, 2.05) is 0 Å². The van der Waals surface area contributed by atoms with Crippen LogP contribution >= 0.6 is 0 Å². The molecule has 5 heteroatoms. The monoisotopic (exact) mass is 263 g/mol. The second kappa shape index (κ2) is 5.48. The summed E-state index contributed by atoms with van der Waals surface area (Å²) in [5.74, 6) is -0.286. The second-order valence-electron chi connectivity index (χ2n) is 5.19. The van der Waals surface area contributed by atoms with Crippen LogP contribution in [-0.4, -0.2) is 54.0 Å². The van der Waals surface area contributed by atoms with Crippen LogP contribution in [0.25, 0.3) is 0 Å². The Hall–Kier alpha value is -1.75. The molecule has 0 atom stereocenters. The van der Waals surface area contributed by atoms with Gasteiger partial charge in [0.2, 0.25) is 0 Å². The Morgan fingerprint density at radius 1 is 1.42 bits per heavy atom. The summed E-state index contributed by atoms with van der Waals surface area (Å²) in [6.07, 6.45) is 1.92. The van der Waals surface area contributed by atoms with E-state index in [4.69, 9.17) is 5.73 Å². The maximum atomic E-state index is 12.4. The number of amides is 1. The topological polar surface area (TPSA) is 69.8 Å². The fraction of sp³-hybridized carbons (Fsp3) is 0.500. The van der Waals surface area contributed by atoms with E-state index in [0.29, 0.717) is 0 Å². The molecule has 1 saturated heterocycles. The van der Waals surface area contributed by atoms with Gasteiger partial charge in [-0.3, -0.25) is 4.79 Å². The van der Waals surface area contributed by atoms with Gasteiger partial charge < -0.3 is 20.6 Å². The number of phenolic OH excluding ortho intramolecular Hbond substituents is 1. The second-order valence-corrected chi connectivity index (χ2v) is 5.19. The number of rotatable bonds is 2. The summed E-state index contributed by atoms with van der Waals surface area (Å²) in [6.45, 7) is 1.98. The molecule has 0 spiro atoms. The lowest BCUT2D eigenvalue weighted by atomic mass is 10.0. The third-order valence-corrected chi connectivity index (χ3v) is 3.85. The minimum absolute atomic E-state index is 0.118.